The standard InChI is InChI=1S/C21H37BrO6/c1-5-25-20(24)19-18(27-21(3,4)28-19)14-12-10-8-6-7-9-11-13-17(15-22)26-16(2)23/h17-19H,5-15H2,1-4H3/t17-,18-,19+/m0/s1. The number of carbonyl (C=O) groups is 2. The van der Waals surface area contributed by atoms with Crippen LogP contribution in [0.25, 0.3) is 0 Å². The maximum atomic E-state index is 12.0. The predicted octanol–water partition coefficient (Wildman–Crippen LogP) is 4.91. The summed E-state index contributed by atoms with van der Waals surface area (Å²) in [6, 6.07) is 0. The number of halogens is 1. The van der Waals surface area contributed by atoms with Crippen molar-refractivity contribution < 1.29 is 28.5 Å². The molecule has 6 nitrogen and oxygen atoms in total. The minimum atomic E-state index is -0.735. The molecular formula is C21H37BrO6. The molecule has 28 heavy (non-hydrogen) atoms. The van der Waals surface area contributed by atoms with Crippen LogP contribution in [0.5, 0.6) is 0 Å². The highest BCUT2D eigenvalue weighted by Crippen LogP contribution is 2.31. The molecule has 164 valence electrons. The van der Waals surface area contributed by atoms with Crippen molar-refractivity contribution in [3.63, 3.8) is 0 Å². The summed E-state index contributed by atoms with van der Waals surface area (Å²) < 4.78 is 21.9. The summed E-state index contributed by atoms with van der Waals surface area (Å²) in [6.07, 6.45) is 8.79. The van der Waals surface area contributed by atoms with Gasteiger partial charge in [-0.05, 0) is 40.0 Å². The lowest BCUT2D eigenvalue weighted by Crippen LogP contribution is -2.33. The molecule has 0 aromatic rings. The molecule has 1 rings (SSSR count). The third kappa shape index (κ3) is 10.2. The van der Waals surface area contributed by atoms with E-state index in [1.54, 1.807) is 6.92 Å². The quantitative estimate of drug-likeness (QED) is 0.206. The average molecular weight is 465 g/mol. The van der Waals surface area contributed by atoms with Crippen LogP contribution >= 0.6 is 15.9 Å². The molecule has 3 atom stereocenters. The van der Waals surface area contributed by atoms with Gasteiger partial charge < -0.3 is 18.9 Å². The zero-order chi connectivity index (χ0) is 21.0. The lowest BCUT2D eigenvalue weighted by molar-refractivity contribution is -0.170. The molecule has 0 aliphatic carbocycles. The van der Waals surface area contributed by atoms with Gasteiger partial charge in [-0.2, -0.15) is 0 Å². The van der Waals surface area contributed by atoms with Gasteiger partial charge in [0.1, 0.15) is 6.10 Å². The number of alkyl halides is 1. The Morgan fingerprint density at radius 3 is 2.21 bits per heavy atom. The summed E-state index contributed by atoms with van der Waals surface area (Å²) in [4.78, 5) is 23.0. The van der Waals surface area contributed by atoms with E-state index in [2.05, 4.69) is 15.9 Å². The molecule has 0 unspecified atom stereocenters. The lowest BCUT2D eigenvalue weighted by Gasteiger charge is -2.16. The van der Waals surface area contributed by atoms with Gasteiger partial charge in [0.2, 0.25) is 0 Å². The summed E-state index contributed by atoms with van der Waals surface area (Å²) in [7, 11) is 0. The molecule has 1 aliphatic rings. The van der Waals surface area contributed by atoms with Gasteiger partial charge in [-0.15, -0.1) is 0 Å². The topological polar surface area (TPSA) is 71.1 Å². The Morgan fingerprint density at radius 1 is 1.04 bits per heavy atom. The van der Waals surface area contributed by atoms with Gasteiger partial charge >= 0.3 is 11.9 Å². The van der Waals surface area contributed by atoms with Crippen molar-refractivity contribution >= 4 is 27.9 Å². The molecule has 0 spiro atoms. The monoisotopic (exact) mass is 464 g/mol. The smallest absolute Gasteiger partial charge is 0.338 e. The molecule has 7 heteroatoms. The van der Waals surface area contributed by atoms with Crippen molar-refractivity contribution in [1.29, 1.82) is 0 Å². The summed E-state index contributed by atoms with van der Waals surface area (Å²) in [5, 5.41) is 0.698. The summed E-state index contributed by atoms with van der Waals surface area (Å²) in [5.41, 5.74) is 0. The van der Waals surface area contributed by atoms with E-state index in [0.29, 0.717) is 11.9 Å². The van der Waals surface area contributed by atoms with Crippen molar-refractivity contribution in [3.05, 3.63) is 0 Å². The second-order valence-electron chi connectivity index (χ2n) is 7.78. The molecule has 0 amide bonds. The van der Waals surface area contributed by atoms with Gasteiger partial charge in [-0.25, -0.2) is 4.79 Å². The number of rotatable bonds is 14. The molecule has 0 radical (unpaired) electrons. The van der Waals surface area contributed by atoms with Crippen LogP contribution in [0.4, 0.5) is 0 Å². The van der Waals surface area contributed by atoms with E-state index in [9.17, 15) is 9.59 Å². The lowest BCUT2D eigenvalue weighted by atomic mass is 10.0. The second kappa shape index (κ2) is 13.5. The molecule has 1 saturated heterocycles. The second-order valence-corrected chi connectivity index (χ2v) is 8.43. The van der Waals surface area contributed by atoms with Crippen molar-refractivity contribution in [1.82, 2.24) is 0 Å². The van der Waals surface area contributed by atoms with Crippen LogP contribution in [0.1, 0.15) is 85.5 Å². The summed E-state index contributed by atoms with van der Waals surface area (Å²) >= 11 is 3.39. The largest absolute Gasteiger partial charge is 0.464 e. The Labute approximate surface area is 178 Å². The van der Waals surface area contributed by atoms with Crippen LogP contribution in [0.3, 0.4) is 0 Å². The fraction of sp³-hybridized carbons (Fsp3) is 0.905. The number of unbranched alkanes of at least 4 members (excludes halogenated alkanes) is 6. The van der Waals surface area contributed by atoms with Gasteiger partial charge in [0.25, 0.3) is 0 Å². The minimum Gasteiger partial charge on any atom is -0.464 e. The van der Waals surface area contributed by atoms with Gasteiger partial charge in [0.15, 0.2) is 11.9 Å². The van der Waals surface area contributed by atoms with E-state index in [1.807, 2.05) is 13.8 Å². The molecule has 0 bridgehead atoms. The number of carbonyl (C=O) groups excluding carboxylic acids is 2. The Hall–Kier alpha value is -0.660. The summed E-state index contributed by atoms with van der Waals surface area (Å²) in [6.45, 7) is 7.27. The van der Waals surface area contributed by atoms with Crippen LogP contribution in [0.2, 0.25) is 0 Å². The molecule has 0 aromatic carbocycles. The number of esters is 2. The van der Waals surface area contributed by atoms with E-state index in [0.717, 1.165) is 38.5 Å². The minimum absolute atomic E-state index is 0.0114. The molecule has 1 fully saturated rings. The zero-order valence-electron chi connectivity index (χ0n) is 17.8. The first-order valence-corrected chi connectivity index (χ1v) is 11.7. The third-order valence-electron chi connectivity index (χ3n) is 4.72. The first kappa shape index (κ1) is 25.4. The van der Waals surface area contributed by atoms with E-state index in [1.165, 1.54) is 26.2 Å². The first-order valence-electron chi connectivity index (χ1n) is 10.5. The Balaban J connectivity index is 2.11. The van der Waals surface area contributed by atoms with Crippen LogP contribution < -0.4 is 0 Å². The average Bonchev–Trinajstić information content (AvgIpc) is 2.93. The summed E-state index contributed by atoms with van der Waals surface area (Å²) in [5.74, 6) is -1.27. The highest BCUT2D eigenvalue weighted by Gasteiger charge is 2.45. The van der Waals surface area contributed by atoms with Crippen molar-refractivity contribution in [2.45, 2.75) is 110 Å². The molecule has 1 aliphatic heterocycles. The Bertz CT molecular complexity index is 468. The van der Waals surface area contributed by atoms with Crippen LogP contribution in [-0.4, -0.2) is 48.0 Å². The normalized spacial score (nSPS) is 22.0. The van der Waals surface area contributed by atoms with Crippen molar-refractivity contribution in [2.24, 2.45) is 0 Å². The number of hydrogen-bond donors (Lipinski definition) is 0. The zero-order valence-corrected chi connectivity index (χ0v) is 19.4. The van der Waals surface area contributed by atoms with E-state index in [-0.39, 0.29) is 24.1 Å². The highest BCUT2D eigenvalue weighted by atomic mass is 79.9. The number of hydrogen-bond acceptors (Lipinski definition) is 6. The SMILES string of the molecule is CCOC(=O)[C@@H]1OC(C)(C)O[C@H]1CCCCCCCCC[C@@H](CBr)OC(C)=O. The predicted molar refractivity (Wildman–Crippen MR) is 111 cm³/mol. The first-order chi connectivity index (χ1) is 13.3. The van der Waals surface area contributed by atoms with Gasteiger partial charge in [-0.3, -0.25) is 4.79 Å². The Kier molecular flexibility index (Phi) is 12.3. The fourth-order valence-electron chi connectivity index (χ4n) is 3.47. The van der Waals surface area contributed by atoms with Crippen LogP contribution in [0.15, 0.2) is 0 Å². The third-order valence-corrected chi connectivity index (χ3v) is 5.44. The molecule has 1 heterocycles. The molecule has 0 saturated carbocycles. The Morgan fingerprint density at radius 2 is 1.64 bits per heavy atom. The van der Waals surface area contributed by atoms with Crippen molar-refractivity contribution in [3.8, 4) is 0 Å². The van der Waals surface area contributed by atoms with E-state index < -0.39 is 11.9 Å². The molecule has 0 aromatic heterocycles. The van der Waals surface area contributed by atoms with Gasteiger partial charge in [0.05, 0.1) is 12.7 Å². The van der Waals surface area contributed by atoms with Crippen molar-refractivity contribution in [2.75, 3.05) is 11.9 Å². The van der Waals surface area contributed by atoms with Gasteiger partial charge in [0, 0.05) is 12.3 Å². The van der Waals surface area contributed by atoms with Crippen LogP contribution in [-0.2, 0) is 28.5 Å². The van der Waals surface area contributed by atoms with E-state index >= 15 is 0 Å². The van der Waals surface area contributed by atoms with Gasteiger partial charge in [-0.1, -0.05) is 54.5 Å². The maximum Gasteiger partial charge on any atom is 0.338 e. The highest BCUT2D eigenvalue weighted by molar-refractivity contribution is 9.09. The molecular weight excluding hydrogens is 428 g/mol. The maximum absolute atomic E-state index is 12.0. The van der Waals surface area contributed by atoms with Crippen LogP contribution in [0, 0.1) is 0 Å². The number of ether oxygens (including phenoxy) is 4. The fourth-order valence-corrected chi connectivity index (χ4v) is 3.93. The van der Waals surface area contributed by atoms with E-state index in [4.69, 9.17) is 18.9 Å². The molecule has 0 N–H and O–H groups in total.